The molecule has 0 fully saturated rings. The first-order valence-electron chi connectivity index (χ1n) is 7.41. The van der Waals surface area contributed by atoms with Gasteiger partial charge in [0.1, 0.15) is 0 Å². The van der Waals surface area contributed by atoms with Gasteiger partial charge < -0.3 is 0 Å². The minimum absolute atomic E-state index is 0.809. The molecule has 2 aromatic carbocycles. The Balaban J connectivity index is 2.05. The Bertz CT molecular complexity index is 680. The van der Waals surface area contributed by atoms with Crippen molar-refractivity contribution in [3.8, 4) is 23.7 Å². The highest BCUT2D eigenvalue weighted by atomic mass is 14.0. The van der Waals surface area contributed by atoms with Crippen LogP contribution in [0.25, 0.3) is 0 Å². The molecule has 0 heterocycles. The fourth-order valence-electron chi connectivity index (χ4n) is 2.08. The molecule has 0 atom stereocenters. The first-order chi connectivity index (χ1) is 10.3. The van der Waals surface area contributed by atoms with E-state index < -0.39 is 0 Å². The van der Waals surface area contributed by atoms with Crippen molar-refractivity contribution in [1.29, 1.82) is 0 Å². The largest absolute Gasteiger partial charge is 0.106 e. The molecule has 0 radical (unpaired) electrons. The molecule has 0 saturated heterocycles. The van der Waals surface area contributed by atoms with Gasteiger partial charge in [0, 0.05) is 17.5 Å². The van der Waals surface area contributed by atoms with E-state index in [9.17, 15) is 0 Å². The van der Waals surface area contributed by atoms with E-state index in [0.29, 0.717) is 0 Å². The van der Waals surface area contributed by atoms with Gasteiger partial charge >= 0.3 is 0 Å². The van der Waals surface area contributed by atoms with E-state index in [4.69, 9.17) is 0 Å². The Morgan fingerprint density at radius 2 is 1.29 bits per heavy atom. The van der Waals surface area contributed by atoms with Crippen molar-refractivity contribution in [2.75, 3.05) is 0 Å². The zero-order valence-electron chi connectivity index (χ0n) is 12.7. The zero-order valence-corrected chi connectivity index (χ0v) is 12.7. The van der Waals surface area contributed by atoms with Crippen LogP contribution in [0.1, 0.15) is 42.5 Å². The molecule has 0 unspecified atom stereocenters. The van der Waals surface area contributed by atoms with Crippen molar-refractivity contribution >= 4 is 0 Å². The van der Waals surface area contributed by atoms with E-state index in [1.165, 1.54) is 17.5 Å². The Morgan fingerprint density at radius 1 is 0.762 bits per heavy atom. The van der Waals surface area contributed by atoms with E-state index in [1.54, 1.807) is 0 Å². The topological polar surface area (TPSA) is 0 Å². The number of benzene rings is 2. The van der Waals surface area contributed by atoms with E-state index in [-0.39, 0.29) is 0 Å². The summed E-state index contributed by atoms with van der Waals surface area (Å²) in [6.07, 6.45) is 3.12. The van der Waals surface area contributed by atoms with Crippen molar-refractivity contribution in [2.45, 2.75) is 33.1 Å². The van der Waals surface area contributed by atoms with Gasteiger partial charge in [0.25, 0.3) is 0 Å². The summed E-state index contributed by atoms with van der Waals surface area (Å²) in [7, 11) is 0. The minimum Gasteiger partial charge on any atom is -0.106 e. The van der Waals surface area contributed by atoms with Crippen LogP contribution in [0.2, 0.25) is 0 Å². The lowest BCUT2D eigenvalue weighted by atomic mass is 10.1. The summed E-state index contributed by atoms with van der Waals surface area (Å²) in [6.45, 7) is 4.06. The Hall–Kier alpha value is -2.44. The van der Waals surface area contributed by atoms with Crippen molar-refractivity contribution < 1.29 is 0 Å². The third-order valence-electron chi connectivity index (χ3n) is 3.27. The van der Waals surface area contributed by atoms with Crippen LogP contribution >= 0.6 is 0 Å². The maximum Gasteiger partial charge on any atom is 0.0340 e. The number of aryl methyl sites for hydroxylation is 1. The van der Waals surface area contributed by atoms with Gasteiger partial charge in [-0.1, -0.05) is 55.4 Å². The van der Waals surface area contributed by atoms with Crippen LogP contribution in [0, 0.1) is 23.7 Å². The molecule has 0 nitrogen and oxygen atoms in total. The summed E-state index contributed by atoms with van der Waals surface area (Å²) in [4.78, 5) is 0. The van der Waals surface area contributed by atoms with Crippen molar-refractivity contribution in [3.05, 3.63) is 70.8 Å². The van der Waals surface area contributed by atoms with Gasteiger partial charge in [-0.3, -0.25) is 0 Å². The highest BCUT2D eigenvalue weighted by Crippen LogP contribution is 2.07. The number of hydrogen-bond acceptors (Lipinski definition) is 0. The molecule has 21 heavy (non-hydrogen) atoms. The molecule has 0 N–H and O–H groups in total. The van der Waals surface area contributed by atoms with Gasteiger partial charge in [0.15, 0.2) is 0 Å². The molecule has 0 heteroatoms. The van der Waals surface area contributed by atoms with Crippen LogP contribution in [0.3, 0.4) is 0 Å². The van der Waals surface area contributed by atoms with Gasteiger partial charge in [0.05, 0.1) is 0 Å². The molecule has 0 saturated carbocycles. The molecule has 0 aliphatic rings. The van der Waals surface area contributed by atoms with Crippen LogP contribution < -0.4 is 0 Å². The summed E-state index contributed by atoms with van der Waals surface area (Å²) in [5, 5.41) is 0. The normalized spacial score (nSPS) is 9.24. The Labute approximate surface area is 128 Å². The van der Waals surface area contributed by atoms with Crippen LogP contribution in [0.15, 0.2) is 48.5 Å². The molecular formula is C21H20. The van der Waals surface area contributed by atoms with Gasteiger partial charge in [-0.15, -0.1) is 5.92 Å². The Morgan fingerprint density at radius 3 is 1.76 bits per heavy atom. The van der Waals surface area contributed by atoms with Gasteiger partial charge in [-0.05, 0) is 48.7 Å². The third-order valence-corrected chi connectivity index (χ3v) is 3.27. The predicted octanol–water partition coefficient (Wildman–Crippen LogP) is 4.60. The summed E-state index contributed by atoms with van der Waals surface area (Å²) in [5.74, 6) is 12.4. The van der Waals surface area contributed by atoms with Crippen molar-refractivity contribution in [1.82, 2.24) is 0 Å². The summed E-state index contributed by atoms with van der Waals surface area (Å²) >= 11 is 0. The molecule has 0 spiro atoms. The summed E-state index contributed by atoms with van der Waals surface area (Å²) in [5.41, 5.74) is 4.72. The van der Waals surface area contributed by atoms with Gasteiger partial charge in [-0.2, -0.15) is 0 Å². The molecular weight excluding hydrogens is 252 g/mol. The molecule has 2 rings (SSSR count). The third kappa shape index (κ3) is 4.87. The Kier molecular flexibility index (Phi) is 5.69. The zero-order chi connectivity index (χ0) is 14.9. The van der Waals surface area contributed by atoms with Crippen LogP contribution in [-0.4, -0.2) is 0 Å². The SMILES string of the molecule is CC#CCc1ccc(C#Cc2ccc(CCC)cc2)cc1. The maximum absolute atomic E-state index is 3.21. The standard InChI is InChI=1S/C21H20/c1-3-5-7-19-10-14-21(15-11-19)17-16-20-12-8-18(6-4-2)9-13-20/h8-15H,4,6-7H2,1-2H3. The quantitative estimate of drug-likeness (QED) is 0.716. The van der Waals surface area contributed by atoms with Crippen molar-refractivity contribution in [2.24, 2.45) is 0 Å². The number of hydrogen-bond donors (Lipinski definition) is 0. The van der Waals surface area contributed by atoms with E-state index >= 15 is 0 Å². The van der Waals surface area contributed by atoms with Crippen LogP contribution in [0.4, 0.5) is 0 Å². The monoisotopic (exact) mass is 272 g/mol. The van der Waals surface area contributed by atoms with Gasteiger partial charge in [-0.25, -0.2) is 0 Å². The summed E-state index contributed by atoms with van der Waals surface area (Å²) in [6, 6.07) is 16.8. The lowest BCUT2D eigenvalue weighted by Gasteiger charge is -1.98. The van der Waals surface area contributed by atoms with E-state index in [2.05, 4.69) is 79.1 Å². The molecule has 0 aliphatic heterocycles. The molecule has 2 aromatic rings. The molecule has 0 aliphatic carbocycles. The number of rotatable bonds is 3. The average Bonchev–Trinajstić information content (AvgIpc) is 2.53. The second kappa shape index (κ2) is 7.98. The maximum atomic E-state index is 3.21. The predicted molar refractivity (Wildman–Crippen MR) is 90.0 cm³/mol. The highest BCUT2D eigenvalue weighted by molar-refractivity contribution is 5.44. The first-order valence-corrected chi connectivity index (χ1v) is 7.41. The summed E-state index contributed by atoms with van der Waals surface area (Å²) < 4.78 is 0. The van der Waals surface area contributed by atoms with Crippen LogP contribution in [-0.2, 0) is 12.8 Å². The highest BCUT2D eigenvalue weighted by Gasteiger charge is 1.92. The second-order valence-electron chi connectivity index (χ2n) is 5.00. The molecule has 104 valence electrons. The lowest BCUT2D eigenvalue weighted by molar-refractivity contribution is 0.922. The van der Waals surface area contributed by atoms with E-state index in [1.807, 2.05) is 6.92 Å². The molecule has 0 aromatic heterocycles. The smallest absolute Gasteiger partial charge is 0.0340 e. The fraction of sp³-hybridized carbons (Fsp3) is 0.238. The van der Waals surface area contributed by atoms with Crippen LogP contribution in [0.5, 0.6) is 0 Å². The van der Waals surface area contributed by atoms with E-state index in [0.717, 1.165) is 24.0 Å². The van der Waals surface area contributed by atoms with Gasteiger partial charge in [0.2, 0.25) is 0 Å². The molecule has 0 amide bonds. The average molecular weight is 272 g/mol. The first kappa shape index (κ1) is 15.0. The van der Waals surface area contributed by atoms with Crippen molar-refractivity contribution in [3.63, 3.8) is 0 Å². The molecule has 0 bridgehead atoms. The lowest BCUT2D eigenvalue weighted by Crippen LogP contribution is -1.84. The minimum atomic E-state index is 0.809. The fourth-order valence-corrected chi connectivity index (χ4v) is 2.08. The second-order valence-corrected chi connectivity index (χ2v) is 5.00.